The van der Waals surface area contributed by atoms with Crippen LogP contribution in [0.15, 0.2) is 23.4 Å². The van der Waals surface area contributed by atoms with Gasteiger partial charge in [0, 0.05) is 40.9 Å². The Balaban J connectivity index is 1.39. The number of benzene rings is 1. The highest BCUT2D eigenvalue weighted by Gasteiger charge is 2.55. The first kappa shape index (κ1) is 37.1. The van der Waals surface area contributed by atoms with E-state index >= 15 is 0 Å². The van der Waals surface area contributed by atoms with E-state index in [0.29, 0.717) is 34.2 Å². The van der Waals surface area contributed by atoms with Gasteiger partial charge in [0.1, 0.15) is 12.1 Å². The first-order valence-corrected chi connectivity index (χ1v) is 18.4. The molecule has 4 amide bonds. The number of hydrogen-bond acceptors (Lipinski definition) is 7. The zero-order valence-corrected chi connectivity index (χ0v) is 30.4. The van der Waals surface area contributed by atoms with Gasteiger partial charge in [-0.3, -0.25) is 24.0 Å². The highest BCUT2D eigenvalue weighted by Crippen LogP contribution is 2.40. The highest BCUT2D eigenvalue weighted by atomic mass is 35.5. The van der Waals surface area contributed by atoms with Gasteiger partial charge in [-0.2, -0.15) is 0 Å². The predicted octanol–water partition coefficient (Wildman–Crippen LogP) is 5.09. The number of Topliss-reactive ketones (excluding diaryl/α,β-unsaturated/α-hetero) is 1. The number of ketones is 1. The van der Waals surface area contributed by atoms with Crippen LogP contribution in [0.3, 0.4) is 0 Å². The molecule has 4 atom stereocenters. The minimum absolute atomic E-state index is 0.0111. The van der Waals surface area contributed by atoms with Crippen LogP contribution in [0.4, 0.5) is 0 Å². The van der Waals surface area contributed by atoms with E-state index in [1.807, 2.05) is 27.7 Å². The predicted molar refractivity (Wildman–Crippen MR) is 187 cm³/mol. The lowest BCUT2D eigenvalue weighted by atomic mass is 9.84. The molecule has 1 saturated heterocycles. The molecule has 0 bridgehead atoms. The van der Waals surface area contributed by atoms with E-state index in [1.165, 1.54) is 11.3 Å². The van der Waals surface area contributed by atoms with Crippen molar-refractivity contribution in [3.05, 3.63) is 33.8 Å². The molecule has 3 fully saturated rings. The van der Waals surface area contributed by atoms with Crippen LogP contribution in [0.5, 0.6) is 0 Å². The Labute approximate surface area is 298 Å². The van der Waals surface area contributed by atoms with Crippen LogP contribution in [0.25, 0.3) is 0 Å². The molecule has 0 aromatic heterocycles. The lowest BCUT2D eigenvalue weighted by Gasteiger charge is -2.36. The van der Waals surface area contributed by atoms with Crippen molar-refractivity contribution in [3.63, 3.8) is 0 Å². The van der Waals surface area contributed by atoms with Gasteiger partial charge in [-0.25, -0.2) is 0 Å². The van der Waals surface area contributed by atoms with Crippen LogP contribution in [0.1, 0.15) is 110 Å². The summed E-state index contributed by atoms with van der Waals surface area (Å²) in [5.41, 5.74) is -0.503. The molecule has 3 N–H and O–H groups in total. The second-order valence-electron chi connectivity index (χ2n) is 15.4. The van der Waals surface area contributed by atoms with E-state index in [4.69, 9.17) is 28.0 Å². The zero-order valence-electron chi connectivity index (χ0n) is 28.9. The Morgan fingerprint density at radius 1 is 1.00 bits per heavy atom. The Bertz CT molecular complexity index is 1460. The summed E-state index contributed by atoms with van der Waals surface area (Å²) >= 11 is 12.5. The minimum atomic E-state index is -1.05. The van der Waals surface area contributed by atoms with Crippen LogP contribution < -0.4 is 16.0 Å². The molecule has 1 spiro atoms. The molecular weight excluding hydrogens is 669 g/mol. The summed E-state index contributed by atoms with van der Waals surface area (Å²) in [6.07, 6.45) is 8.51. The van der Waals surface area contributed by atoms with E-state index in [1.54, 1.807) is 18.2 Å². The smallest absolute Gasteiger partial charge is 0.289 e. The maximum absolute atomic E-state index is 14.6. The first-order valence-electron chi connectivity index (χ1n) is 17.6. The van der Waals surface area contributed by atoms with E-state index in [9.17, 15) is 24.0 Å². The number of oxime groups is 1. The summed E-state index contributed by atoms with van der Waals surface area (Å²) in [5.74, 6) is -2.33. The molecule has 11 nitrogen and oxygen atoms in total. The molecule has 2 aliphatic heterocycles. The fourth-order valence-electron chi connectivity index (χ4n) is 7.16. The molecule has 49 heavy (non-hydrogen) atoms. The lowest BCUT2D eigenvalue weighted by Crippen LogP contribution is -2.59. The van der Waals surface area contributed by atoms with Crippen LogP contribution in [0, 0.1) is 11.3 Å². The van der Waals surface area contributed by atoms with Crippen molar-refractivity contribution in [2.24, 2.45) is 16.5 Å². The number of carbonyl (C=O) groups is 5. The summed E-state index contributed by atoms with van der Waals surface area (Å²) in [4.78, 5) is 75.4. The lowest BCUT2D eigenvalue weighted by molar-refractivity contribution is -0.145. The second kappa shape index (κ2) is 15.4. The number of amides is 4. The second-order valence-corrected chi connectivity index (χ2v) is 16.2. The third-order valence-electron chi connectivity index (χ3n) is 9.98. The van der Waals surface area contributed by atoms with Gasteiger partial charge < -0.3 is 25.7 Å². The van der Waals surface area contributed by atoms with Gasteiger partial charge in [0.2, 0.25) is 23.5 Å². The van der Waals surface area contributed by atoms with Gasteiger partial charge in [-0.1, -0.05) is 81.7 Å². The van der Waals surface area contributed by atoms with Crippen LogP contribution >= 0.6 is 23.2 Å². The average molecular weight is 719 g/mol. The van der Waals surface area contributed by atoms with E-state index < -0.39 is 52.6 Å². The molecule has 0 radical (unpaired) electrons. The number of rotatable bonds is 12. The highest BCUT2D eigenvalue weighted by molar-refractivity contribution is 6.38. The molecule has 2 saturated carbocycles. The van der Waals surface area contributed by atoms with Crippen molar-refractivity contribution in [2.45, 2.75) is 135 Å². The van der Waals surface area contributed by atoms with E-state index in [0.717, 1.165) is 38.5 Å². The molecule has 4 aliphatic rings. The van der Waals surface area contributed by atoms with Crippen molar-refractivity contribution in [1.82, 2.24) is 20.9 Å². The van der Waals surface area contributed by atoms with Crippen LogP contribution in [-0.4, -0.2) is 76.3 Å². The number of halogens is 2. The molecule has 1 aromatic carbocycles. The van der Waals surface area contributed by atoms with Crippen molar-refractivity contribution < 1.29 is 28.8 Å². The molecule has 2 heterocycles. The Morgan fingerprint density at radius 2 is 1.67 bits per heavy atom. The van der Waals surface area contributed by atoms with Gasteiger partial charge in [-0.05, 0) is 61.6 Å². The molecule has 13 heteroatoms. The summed E-state index contributed by atoms with van der Waals surface area (Å²) in [7, 11) is 0. The summed E-state index contributed by atoms with van der Waals surface area (Å²) in [5, 5.41) is 13.7. The molecular formula is C36H49Cl2N5O6. The number of nitrogens with zero attached hydrogens (tertiary/aromatic N) is 2. The Kier molecular flexibility index (Phi) is 11.6. The third-order valence-corrected chi connectivity index (χ3v) is 10.4. The van der Waals surface area contributed by atoms with Gasteiger partial charge in [0.15, 0.2) is 5.60 Å². The summed E-state index contributed by atoms with van der Waals surface area (Å²) in [6.45, 7) is 7.51. The fraction of sp³-hybridized carbons (Fsp3) is 0.667. The summed E-state index contributed by atoms with van der Waals surface area (Å²) < 4.78 is 0. The molecule has 2 aliphatic carbocycles. The fourth-order valence-corrected chi connectivity index (χ4v) is 7.69. The maximum atomic E-state index is 14.6. The SMILES string of the molecule is CCC[C@H](NC(=O)[C@@H]1C[C@]2(CC(c3cc(Cl)cc(Cl)c3)=NO2)CN1C(=O)[C@@H](NC(=O)CC1CCCCC1)C(C)(C)C)C(=O)C(=O)NC1CC1. The Morgan fingerprint density at radius 3 is 2.29 bits per heavy atom. The molecule has 5 rings (SSSR count). The topological polar surface area (TPSA) is 146 Å². The van der Waals surface area contributed by atoms with Crippen molar-refractivity contribution in [3.8, 4) is 0 Å². The Hall–Kier alpha value is -3.18. The van der Waals surface area contributed by atoms with Gasteiger partial charge in [0.05, 0.1) is 18.3 Å². The van der Waals surface area contributed by atoms with Crippen LogP contribution in [-0.2, 0) is 28.8 Å². The van der Waals surface area contributed by atoms with Crippen molar-refractivity contribution in [1.29, 1.82) is 0 Å². The summed E-state index contributed by atoms with van der Waals surface area (Å²) in [6, 6.07) is 2.02. The standard InChI is InChI=1S/C36H49Cl2N5O6/c1-5-9-26(30(45)33(47)39-25-12-13-25)40-32(46)28-19-36(18-27(42-49-36)22-15-23(37)17-24(38)16-22)20-43(28)34(48)31(35(2,3)4)41-29(44)14-21-10-7-6-8-11-21/h15-17,21,25-26,28,31H,5-14,18-20H2,1-4H3,(H,39,47)(H,40,46)(H,41,44)/t26-,28-,31+,36+/m0/s1. The van der Waals surface area contributed by atoms with E-state index in [2.05, 4.69) is 21.1 Å². The number of likely N-dealkylation sites (tertiary alicyclic amines) is 1. The number of nitrogens with one attached hydrogen (secondary N) is 3. The molecule has 268 valence electrons. The van der Waals surface area contributed by atoms with Gasteiger partial charge in [0.25, 0.3) is 5.91 Å². The quantitative estimate of drug-likeness (QED) is 0.257. The average Bonchev–Trinajstić information content (AvgIpc) is 3.63. The van der Waals surface area contributed by atoms with Crippen molar-refractivity contribution >= 4 is 58.3 Å². The van der Waals surface area contributed by atoms with E-state index in [-0.39, 0.29) is 43.7 Å². The molecule has 0 unspecified atom stereocenters. The first-order chi connectivity index (χ1) is 23.2. The largest absolute Gasteiger partial charge is 0.387 e. The normalized spacial score (nSPS) is 23.8. The van der Waals surface area contributed by atoms with Crippen molar-refractivity contribution in [2.75, 3.05) is 6.54 Å². The minimum Gasteiger partial charge on any atom is -0.387 e. The zero-order chi connectivity index (χ0) is 35.5. The molecule has 1 aromatic rings. The van der Waals surface area contributed by atoms with Crippen LogP contribution in [0.2, 0.25) is 10.0 Å². The number of hydrogen-bond donors (Lipinski definition) is 3. The maximum Gasteiger partial charge on any atom is 0.289 e. The number of carbonyl (C=O) groups excluding carboxylic acids is 5. The van der Waals surface area contributed by atoms with Gasteiger partial charge >= 0.3 is 0 Å². The third kappa shape index (κ3) is 9.34. The van der Waals surface area contributed by atoms with Gasteiger partial charge in [-0.15, -0.1) is 0 Å². The monoisotopic (exact) mass is 717 g/mol.